The molecule has 0 amide bonds. The Morgan fingerprint density at radius 1 is 0.439 bits per heavy atom. The fraction of sp³-hybridized carbons (Fsp3) is 0. The fourth-order valence-corrected chi connectivity index (χ4v) is 5.59. The zero-order valence-corrected chi connectivity index (χ0v) is 23.2. The Morgan fingerprint density at radius 2 is 0.878 bits per heavy atom. The molecule has 0 aliphatic carbocycles. The van der Waals surface area contributed by atoms with Crippen LogP contribution in [0, 0.1) is 0 Å². The monoisotopic (exact) mass is 596 g/mol. The van der Waals surface area contributed by atoms with Crippen LogP contribution in [0.5, 0.6) is 11.5 Å². The Kier molecular flexibility index (Phi) is 6.22. The number of benzene rings is 7. The quantitative estimate of drug-likeness (QED) is 0.115. The molecule has 0 aromatic heterocycles. The molecule has 0 aliphatic heterocycles. The highest BCUT2D eigenvalue weighted by molar-refractivity contribution is 9.10. The number of carbonyl (C=O) groups excluding carboxylic acids is 2. The zero-order chi connectivity index (χ0) is 27.9. The van der Waals surface area contributed by atoms with E-state index < -0.39 is 11.9 Å². The van der Waals surface area contributed by atoms with Crippen molar-refractivity contribution < 1.29 is 19.1 Å². The van der Waals surface area contributed by atoms with E-state index in [1.807, 2.05) is 115 Å². The van der Waals surface area contributed by atoms with Crippen molar-refractivity contribution in [2.75, 3.05) is 0 Å². The topological polar surface area (TPSA) is 52.6 Å². The van der Waals surface area contributed by atoms with Gasteiger partial charge in [0.1, 0.15) is 11.5 Å². The first-order valence-corrected chi connectivity index (χ1v) is 13.9. The molecule has 7 aromatic carbocycles. The Bertz CT molecular complexity index is 2170. The van der Waals surface area contributed by atoms with E-state index in [0.717, 1.165) is 26.0 Å². The van der Waals surface area contributed by atoms with Crippen molar-refractivity contribution in [3.8, 4) is 11.5 Å². The summed E-state index contributed by atoms with van der Waals surface area (Å²) in [6.45, 7) is 0. The Labute approximate surface area is 243 Å². The summed E-state index contributed by atoms with van der Waals surface area (Å²) in [5.74, 6) is -0.124. The second-order valence-electron chi connectivity index (χ2n) is 9.80. The van der Waals surface area contributed by atoms with Gasteiger partial charge >= 0.3 is 11.9 Å². The molecule has 0 unspecified atom stereocenters. The average Bonchev–Trinajstić information content (AvgIpc) is 3.01. The standard InChI is InChI=1S/C36H21BrO4/c37-28-17-18-31-32(21-28)34(41-36(39)27-16-14-23-8-2-4-10-25(23)20-27)30-12-6-5-11-29(30)33(31)40-35(38)26-15-13-22-7-1-3-9-24(22)19-26/h1-21H. The summed E-state index contributed by atoms with van der Waals surface area (Å²) in [5.41, 5.74) is 0.896. The van der Waals surface area contributed by atoms with E-state index in [1.54, 1.807) is 12.1 Å². The van der Waals surface area contributed by atoms with E-state index in [1.165, 1.54) is 0 Å². The summed E-state index contributed by atoms with van der Waals surface area (Å²) in [4.78, 5) is 26.9. The molecule has 196 valence electrons. The SMILES string of the molecule is O=C(Oc1c2ccccc2c(OC(=O)c2ccc3ccccc3c2)c2cc(Br)ccc12)c1ccc2ccccc2c1. The molecular weight excluding hydrogens is 576 g/mol. The highest BCUT2D eigenvalue weighted by atomic mass is 79.9. The van der Waals surface area contributed by atoms with Crippen LogP contribution in [0.25, 0.3) is 43.1 Å². The van der Waals surface area contributed by atoms with Gasteiger partial charge in [-0.15, -0.1) is 0 Å². The third kappa shape index (κ3) is 4.60. The van der Waals surface area contributed by atoms with Crippen molar-refractivity contribution in [3.63, 3.8) is 0 Å². The number of esters is 2. The predicted octanol–water partition coefficient (Wildman–Crippen LogP) is 9.50. The van der Waals surface area contributed by atoms with Gasteiger partial charge in [0, 0.05) is 26.0 Å². The molecule has 41 heavy (non-hydrogen) atoms. The Hall–Kier alpha value is -5.00. The van der Waals surface area contributed by atoms with Gasteiger partial charge in [-0.2, -0.15) is 0 Å². The molecule has 0 bridgehead atoms. The molecule has 0 fully saturated rings. The van der Waals surface area contributed by atoms with E-state index in [0.29, 0.717) is 44.2 Å². The minimum absolute atomic E-state index is 0.403. The van der Waals surface area contributed by atoms with Crippen molar-refractivity contribution in [1.82, 2.24) is 0 Å². The normalized spacial score (nSPS) is 11.2. The van der Waals surface area contributed by atoms with Gasteiger partial charge in [-0.05, 0) is 64.0 Å². The summed E-state index contributed by atoms with van der Waals surface area (Å²) >= 11 is 3.56. The largest absolute Gasteiger partial charge is 0.422 e. The maximum absolute atomic E-state index is 13.5. The molecule has 0 saturated heterocycles. The van der Waals surface area contributed by atoms with E-state index in [4.69, 9.17) is 9.47 Å². The lowest BCUT2D eigenvalue weighted by atomic mass is 10.00. The minimum Gasteiger partial charge on any atom is -0.422 e. The number of ether oxygens (including phenoxy) is 2. The van der Waals surface area contributed by atoms with Gasteiger partial charge < -0.3 is 9.47 Å². The van der Waals surface area contributed by atoms with Crippen molar-refractivity contribution in [2.45, 2.75) is 0 Å². The van der Waals surface area contributed by atoms with Crippen molar-refractivity contribution in [2.24, 2.45) is 0 Å². The van der Waals surface area contributed by atoms with E-state index in [-0.39, 0.29) is 0 Å². The van der Waals surface area contributed by atoms with Gasteiger partial charge in [0.15, 0.2) is 0 Å². The molecule has 0 saturated carbocycles. The maximum atomic E-state index is 13.5. The van der Waals surface area contributed by atoms with Gasteiger partial charge in [-0.25, -0.2) is 9.59 Å². The fourth-order valence-electron chi connectivity index (χ4n) is 5.23. The zero-order valence-electron chi connectivity index (χ0n) is 21.6. The average molecular weight is 597 g/mol. The van der Waals surface area contributed by atoms with Crippen LogP contribution in [-0.4, -0.2) is 11.9 Å². The lowest BCUT2D eigenvalue weighted by Crippen LogP contribution is -2.11. The first kappa shape index (κ1) is 25.0. The molecular formula is C36H21BrO4. The number of fused-ring (bicyclic) bond motifs is 4. The summed E-state index contributed by atoms with van der Waals surface area (Å²) in [6, 6.07) is 39.8. The molecule has 0 aliphatic rings. The molecule has 0 atom stereocenters. The van der Waals surface area contributed by atoms with Crippen LogP contribution in [-0.2, 0) is 0 Å². The first-order chi connectivity index (χ1) is 20.0. The van der Waals surface area contributed by atoms with Crippen molar-refractivity contribution in [1.29, 1.82) is 0 Å². The van der Waals surface area contributed by atoms with Gasteiger partial charge in [-0.3, -0.25) is 0 Å². The minimum atomic E-state index is -0.469. The summed E-state index contributed by atoms with van der Waals surface area (Å²) in [7, 11) is 0. The highest BCUT2D eigenvalue weighted by Gasteiger charge is 2.22. The molecule has 7 aromatic rings. The molecule has 7 rings (SSSR count). The van der Waals surface area contributed by atoms with Gasteiger partial charge in [0.05, 0.1) is 11.1 Å². The lowest BCUT2D eigenvalue weighted by molar-refractivity contribution is 0.0726. The lowest BCUT2D eigenvalue weighted by Gasteiger charge is -2.17. The molecule has 4 nitrogen and oxygen atoms in total. The van der Waals surface area contributed by atoms with Crippen molar-refractivity contribution >= 4 is 71.0 Å². The van der Waals surface area contributed by atoms with E-state index in [9.17, 15) is 9.59 Å². The molecule has 0 heterocycles. The second kappa shape index (κ2) is 10.2. The predicted molar refractivity (Wildman–Crippen MR) is 167 cm³/mol. The Morgan fingerprint density at radius 3 is 1.41 bits per heavy atom. The Balaban J connectivity index is 1.34. The van der Waals surface area contributed by atoms with Crippen LogP contribution in [0.3, 0.4) is 0 Å². The second-order valence-corrected chi connectivity index (χ2v) is 10.7. The van der Waals surface area contributed by atoms with E-state index in [2.05, 4.69) is 15.9 Å². The highest BCUT2D eigenvalue weighted by Crippen LogP contribution is 2.44. The smallest absolute Gasteiger partial charge is 0.343 e. The molecule has 0 spiro atoms. The van der Waals surface area contributed by atoms with Crippen LogP contribution < -0.4 is 9.47 Å². The van der Waals surface area contributed by atoms with Crippen LogP contribution >= 0.6 is 15.9 Å². The maximum Gasteiger partial charge on any atom is 0.343 e. The van der Waals surface area contributed by atoms with Gasteiger partial charge in [-0.1, -0.05) is 101 Å². The number of hydrogen-bond acceptors (Lipinski definition) is 4. The first-order valence-electron chi connectivity index (χ1n) is 13.1. The van der Waals surface area contributed by atoms with Crippen LogP contribution in [0.15, 0.2) is 132 Å². The number of hydrogen-bond donors (Lipinski definition) is 0. The van der Waals surface area contributed by atoms with Crippen LogP contribution in [0.4, 0.5) is 0 Å². The number of carbonyl (C=O) groups is 2. The summed E-state index contributed by atoms with van der Waals surface area (Å²) in [5, 5.41) is 6.62. The van der Waals surface area contributed by atoms with Crippen LogP contribution in [0.1, 0.15) is 20.7 Å². The molecule has 5 heteroatoms. The van der Waals surface area contributed by atoms with Gasteiger partial charge in [0.25, 0.3) is 0 Å². The summed E-state index contributed by atoms with van der Waals surface area (Å²) < 4.78 is 13.0. The molecule has 0 N–H and O–H groups in total. The summed E-state index contributed by atoms with van der Waals surface area (Å²) in [6.07, 6.45) is 0. The van der Waals surface area contributed by atoms with Gasteiger partial charge in [0.2, 0.25) is 0 Å². The van der Waals surface area contributed by atoms with Crippen molar-refractivity contribution in [3.05, 3.63) is 143 Å². The van der Waals surface area contributed by atoms with E-state index >= 15 is 0 Å². The van der Waals surface area contributed by atoms with Crippen LogP contribution in [0.2, 0.25) is 0 Å². The molecule has 0 radical (unpaired) electrons. The number of halogens is 1. The number of rotatable bonds is 4. The third-order valence-corrected chi connectivity index (χ3v) is 7.74. The third-order valence-electron chi connectivity index (χ3n) is 7.25.